The Kier molecular flexibility index (Phi) is 16.1. The number of carbonyl (C=O) groups is 4. The van der Waals surface area contributed by atoms with E-state index in [4.69, 9.17) is 19.5 Å². The lowest BCUT2D eigenvalue weighted by atomic mass is 9.80. The number of aromatic nitrogens is 4. The zero-order valence-electron chi connectivity index (χ0n) is 31.2. The van der Waals surface area contributed by atoms with E-state index in [0.717, 1.165) is 29.0 Å². The number of amides is 2. The van der Waals surface area contributed by atoms with Gasteiger partial charge < -0.3 is 56.0 Å². The first kappa shape index (κ1) is 48.4. The highest BCUT2D eigenvalue weighted by atomic mass is 32.2. The number of nitrogens with two attached hydrogens (primary N) is 1. The lowest BCUT2D eigenvalue weighted by Crippen LogP contribution is -2.46. The van der Waals surface area contributed by atoms with Crippen LogP contribution in [0.2, 0.25) is 0 Å². The standard InChI is InChI=1S/C29H44N7O19P3S/c1-28(2,21(39)24(40)32-9-6-17(37)31-10-11-59-27(43)29(26(41)42)7-4-3-5-8-29)13-52-58(49,50)55-57(47,48)51-12-16-20(54-56(44,45)46)19(38)25(53-16)36-15-35-18-22(30)33-14-34-23(18)36/h4,7,14-16,19-21,25,38-39H,3,5-6,8-13H2,1-2H3,(H,31,37)(H,32,40)(H,41,42)(H,47,48)(H,49,50)(H2,30,33,34)(H2,44,45,46)/t16-,19-,20-,21+,25-,29?/m1/s1. The molecule has 2 aromatic heterocycles. The molecule has 2 aliphatic rings. The molecule has 330 valence electrons. The third kappa shape index (κ3) is 12.9. The molecule has 11 N–H and O–H groups in total. The SMILES string of the molecule is CC(C)(COP(=O)(O)OP(=O)(O)OC[C@H]1O[C@@H](n2cnc3c(N)ncnc32)[C@H](O)[C@@H]1OP(=O)(O)O)[C@@H](O)C(=O)NCCC(=O)NCCSC(=O)C1(C(=O)O)C=CCCC1. The van der Waals surface area contributed by atoms with Crippen molar-refractivity contribution < 1.29 is 90.4 Å². The number of allylic oxidation sites excluding steroid dienone is 1. The van der Waals surface area contributed by atoms with Crippen molar-refractivity contribution >= 4 is 75.1 Å². The highest BCUT2D eigenvalue weighted by Gasteiger charge is 2.50. The number of hydrogen-bond donors (Lipinski definition) is 10. The summed E-state index contributed by atoms with van der Waals surface area (Å²) in [4.78, 5) is 100. The van der Waals surface area contributed by atoms with E-state index in [0.29, 0.717) is 12.8 Å². The normalized spacial score (nSPS) is 24.9. The highest BCUT2D eigenvalue weighted by Crippen LogP contribution is 2.61. The van der Waals surface area contributed by atoms with E-state index < -0.39 is 101 Å². The largest absolute Gasteiger partial charge is 0.481 e. The van der Waals surface area contributed by atoms with Crippen LogP contribution in [0.4, 0.5) is 5.82 Å². The Morgan fingerprint density at radius 2 is 1.78 bits per heavy atom. The number of aliphatic carboxylic acids is 1. The van der Waals surface area contributed by atoms with Gasteiger partial charge in [0.2, 0.25) is 16.9 Å². The molecule has 2 aromatic rings. The minimum Gasteiger partial charge on any atom is -0.480 e. The number of thioether (sulfide) groups is 1. The monoisotopic (exact) mass is 919 g/mol. The van der Waals surface area contributed by atoms with Gasteiger partial charge in [-0.25, -0.2) is 28.6 Å². The topological polar surface area (TPSA) is 401 Å². The fraction of sp³-hybridized carbons (Fsp3) is 0.621. The number of rotatable bonds is 21. The number of aliphatic hydroxyl groups is 2. The summed E-state index contributed by atoms with van der Waals surface area (Å²) in [6.07, 6.45) is -2.70. The molecular weight excluding hydrogens is 875 g/mol. The van der Waals surface area contributed by atoms with Gasteiger partial charge in [-0.3, -0.25) is 37.3 Å². The maximum Gasteiger partial charge on any atom is 0.481 e. The van der Waals surface area contributed by atoms with Crippen LogP contribution in [0.3, 0.4) is 0 Å². The lowest BCUT2D eigenvalue weighted by molar-refractivity contribution is -0.149. The molecular formula is C29H44N7O19P3S. The number of phosphoric ester groups is 3. The number of nitrogens with one attached hydrogen (secondary N) is 2. The molecule has 3 unspecified atom stereocenters. The van der Waals surface area contributed by atoms with Crippen LogP contribution in [0.5, 0.6) is 0 Å². The van der Waals surface area contributed by atoms with Gasteiger partial charge in [-0.05, 0) is 19.3 Å². The number of carbonyl (C=O) groups excluding carboxylic acids is 3. The predicted molar refractivity (Wildman–Crippen MR) is 200 cm³/mol. The smallest absolute Gasteiger partial charge is 0.480 e. The number of nitrogens with zero attached hydrogens (tertiary/aromatic N) is 4. The van der Waals surface area contributed by atoms with Crippen LogP contribution in [0.25, 0.3) is 11.2 Å². The highest BCUT2D eigenvalue weighted by molar-refractivity contribution is 8.13. The number of fused-ring (bicyclic) bond motifs is 1. The molecule has 30 heteroatoms. The minimum atomic E-state index is -5.60. The Morgan fingerprint density at radius 3 is 2.42 bits per heavy atom. The summed E-state index contributed by atoms with van der Waals surface area (Å²) in [6.45, 7) is 0.122. The second-order valence-electron chi connectivity index (χ2n) is 13.8. The lowest BCUT2D eigenvalue weighted by Gasteiger charge is -2.30. The summed E-state index contributed by atoms with van der Waals surface area (Å²) in [6, 6.07) is 0. The van der Waals surface area contributed by atoms with Crippen molar-refractivity contribution in [3.8, 4) is 0 Å². The summed E-state index contributed by atoms with van der Waals surface area (Å²) in [5, 5.41) is 35.3. The number of phosphoric acid groups is 3. The number of carboxylic acid groups (broad SMARTS) is 1. The maximum absolute atomic E-state index is 12.7. The molecule has 26 nitrogen and oxygen atoms in total. The molecule has 2 amide bonds. The van der Waals surface area contributed by atoms with Gasteiger partial charge in [0.15, 0.2) is 23.1 Å². The van der Waals surface area contributed by atoms with E-state index in [1.807, 2.05) is 0 Å². The van der Waals surface area contributed by atoms with Crippen molar-refractivity contribution in [3.63, 3.8) is 0 Å². The molecule has 4 rings (SSSR count). The average Bonchev–Trinajstić information content (AvgIpc) is 3.71. The molecule has 1 fully saturated rings. The van der Waals surface area contributed by atoms with E-state index in [1.165, 1.54) is 19.9 Å². The van der Waals surface area contributed by atoms with Gasteiger partial charge in [0.1, 0.15) is 36.3 Å². The fourth-order valence-corrected chi connectivity index (χ4v) is 9.44. The van der Waals surface area contributed by atoms with E-state index in [-0.39, 0.29) is 48.7 Å². The van der Waals surface area contributed by atoms with Gasteiger partial charge in [0.25, 0.3) is 0 Å². The van der Waals surface area contributed by atoms with E-state index in [1.54, 1.807) is 6.08 Å². The van der Waals surface area contributed by atoms with Gasteiger partial charge in [0, 0.05) is 30.7 Å². The van der Waals surface area contributed by atoms with E-state index in [9.17, 15) is 67.8 Å². The molecule has 1 aliphatic heterocycles. The van der Waals surface area contributed by atoms with Gasteiger partial charge in [-0.15, -0.1) is 0 Å². The Balaban J connectivity index is 1.22. The van der Waals surface area contributed by atoms with Crippen molar-refractivity contribution in [2.45, 2.75) is 70.2 Å². The Hall–Kier alpha value is -3.23. The number of hydrogen-bond acceptors (Lipinski definition) is 19. The van der Waals surface area contributed by atoms with Crippen LogP contribution in [0.15, 0.2) is 24.8 Å². The first-order valence-electron chi connectivity index (χ1n) is 17.4. The summed E-state index contributed by atoms with van der Waals surface area (Å²) in [5.41, 5.74) is 2.58. The molecule has 1 aliphatic carbocycles. The molecule has 0 spiro atoms. The van der Waals surface area contributed by atoms with Crippen molar-refractivity contribution in [2.24, 2.45) is 10.8 Å². The fourth-order valence-electron chi connectivity index (χ4n) is 5.70. The molecule has 1 saturated heterocycles. The molecule has 0 aromatic carbocycles. The first-order chi connectivity index (χ1) is 27.4. The number of carboxylic acids is 1. The second kappa shape index (κ2) is 19.6. The quantitative estimate of drug-likeness (QED) is 0.0326. The Labute approximate surface area is 338 Å². The maximum atomic E-state index is 12.7. The second-order valence-corrected chi connectivity index (χ2v) is 19.1. The summed E-state index contributed by atoms with van der Waals surface area (Å²) >= 11 is 0.772. The number of anilines is 1. The van der Waals surface area contributed by atoms with E-state index >= 15 is 0 Å². The number of ether oxygens (including phenoxy) is 1. The first-order valence-corrected chi connectivity index (χ1v) is 22.9. The van der Waals surface area contributed by atoms with Gasteiger partial charge in [-0.1, -0.05) is 37.8 Å². The number of aliphatic hydroxyl groups excluding tert-OH is 2. The van der Waals surface area contributed by atoms with Gasteiger partial charge >= 0.3 is 29.4 Å². The van der Waals surface area contributed by atoms with Gasteiger partial charge in [-0.2, -0.15) is 4.31 Å². The number of imidazole rings is 1. The summed E-state index contributed by atoms with van der Waals surface area (Å²) < 4.78 is 62.1. The van der Waals surface area contributed by atoms with Crippen molar-refractivity contribution in [2.75, 3.05) is 37.8 Å². The van der Waals surface area contributed by atoms with Crippen LogP contribution < -0.4 is 16.4 Å². The minimum absolute atomic E-state index is 0.0184. The Bertz CT molecular complexity index is 2050. The number of nitrogen functional groups attached to an aromatic ring is 1. The average molecular weight is 920 g/mol. The molecule has 0 bridgehead atoms. The molecule has 59 heavy (non-hydrogen) atoms. The van der Waals surface area contributed by atoms with Crippen LogP contribution >= 0.6 is 35.2 Å². The van der Waals surface area contributed by atoms with Crippen LogP contribution in [0.1, 0.15) is 45.8 Å². The molecule has 3 heterocycles. The van der Waals surface area contributed by atoms with Gasteiger partial charge in [0.05, 0.1) is 19.5 Å². The van der Waals surface area contributed by atoms with Crippen molar-refractivity contribution in [1.29, 1.82) is 0 Å². The van der Waals surface area contributed by atoms with Crippen LogP contribution in [0, 0.1) is 10.8 Å². The van der Waals surface area contributed by atoms with E-state index in [2.05, 4.69) is 34.4 Å². The van der Waals surface area contributed by atoms with Crippen molar-refractivity contribution in [1.82, 2.24) is 30.2 Å². The zero-order valence-corrected chi connectivity index (χ0v) is 34.7. The molecule has 0 radical (unpaired) electrons. The van der Waals surface area contributed by atoms with Crippen LogP contribution in [-0.2, 0) is 55.5 Å². The summed E-state index contributed by atoms with van der Waals surface area (Å²) in [7, 11) is -16.5. The molecule has 8 atom stereocenters. The molecule has 0 saturated carbocycles. The van der Waals surface area contributed by atoms with Crippen molar-refractivity contribution in [3.05, 3.63) is 24.8 Å². The van der Waals surface area contributed by atoms with Crippen LogP contribution in [-0.4, -0.2) is 134 Å². The third-order valence-corrected chi connectivity index (χ3v) is 13.0. The third-order valence-electron chi connectivity index (χ3n) is 8.83. The zero-order chi connectivity index (χ0) is 44.0. The Morgan fingerprint density at radius 1 is 1.08 bits per heavy atom. The summed E-state index contributed by atoms with van der Waals surface area (Å²) in [5.74, 6) is -2.77. The predicted octanol–water partition coefficient (Wildman–Crippen LogP) is -0.524.